The number of aromatic nitrogens is 1. The van der Waals surface area contributed by atoms with Crippen molar-refractivity contribution >= 4 is 0 Å². The van der Waals surface area contributed by atoms with Crippen LogP contribution in [-0.4, -0.2) is 43.7 Å². The summed E-state index contributed by atoms with van der Waals surface area (Å²) in [4.78, 5) is 6.68. The van der Waals surface area contributed by atoms with Crippen molar-refractivity contribution in [2.75, 3.05) is 33.8 Å². The molecule has 0 amide bonds. The molecule has 4 nitrogen and oxygen atoms in total. The molecule has 108 valence electrons. The molecule has 0 radical (unpaired) electrons. The molecule has 0 saturated heterocycles. The normalized spacial score (nSPS) is 11.3. The lowest BCUT2D eigenvalue weighted by atomic mass is 10.2. The molecule has 19 heavy (non-hydrogen) atoms. The van der Waals surface area contributed by atoms with E-state index in [0.29, 0.717) is 12.5 Å². The molecule has 1 aromatic rings. The van der Waals surface area contributed by atoms with Gasteiger partial charge in [0.25, 0.3) is 0 Å². The van der Waals surface area contributed by atoms with Gasteiger partial charge in [0.05, 0.1) is 5.69 Å². The summed E-state index contributed by atoms with van der Waals surface area (Å²) >= 11 is 0. The molecule has 0 aliphatic heterocycles. The molecular formula is C15H27N3O. The van der Waals surface area contributed by atoms with Crippen LogP contribution in [0.5, 0.6) is 5.75 Å². The number of hydrogen-bond donors (Lipinski definition) is 1. The van der Waals surface area contributed by atoms with Crippen LogP contribution >= 0.6 is 0 Å². The average molecular weight is 265 g/mol. The minimum absolute atomic E-state index is 0.642. The Labute approximate surface area is 117 Å². The molecule has 0 unspecified atom stereocenters. The number of nitrogens with one attached hydrogen (secondary N) is 1. The van der Waals surface area contributed by atoms with Gasteiger partial charge in [0.1, 0.15) is 12.4 Å². The summed E-state index contributed by atoms with van der Waals surface area (Å²) in [6, 6.07) is 4.02. The zero-order valence-electron chi connectivity index (χ0n) is 12.9. The van der Waals surface area contributed by atoms with Gasteiger partial charge in [-0.3, -0.25) is 4.98 Å². The van der Waals surface area contributed by atoms with Gasteiger partial charge in [-0.1, -0.05) is 13.8 Å². The Morgan fingerprint density at radius 2 is 2.05 bits per heavy atom. The highest BCUT2D eigenvalue weighted by Crippen LogP contribution is 2.16. The smallest absolute Gasteiger partial charge is 0.142 e. The quantitative estimate of drug-likeness (QED) is 0.781. The standard InChI is InChI=1S/C15H27N3O/c1-12(2)10-16-11-14-15(7-6-13(3)17-14)19-9-8-18(4)5/h6-7,12,16H,8-11H2,1-5H3. The highest BCUT2D eigenvalue weighted by Gasteiger charge is 2.06. The third kappa shape index (κ3) is 6.55. The van der Waals surface area contributed by atoms with Gasteiger partial charge in [-0.2, -0.15) is 0 Å². The largest absolute Gasteiger partial charge is 0.490 e. The average Bonchev–Trinajstić information content (AvgIpc) is 2.31. The molecule has 1 heterocycles. The van der Waals surface area contributed by atoms with E-state index >= 15 is 0 Å². The molecule has 0 aromatic carbocycles. The van der Waals surface area contributed by atoms with Crippen molar-refractivity contribution in [1.82, 2.24) is 15.2 Å². The third-order valence-electron chi connectivity index (χ3n) is 2.71. The first-order valence-electron chi connectivity index (χ1n) is 6.93. The summed E-state index contributed by atoms with van der Waals surface area (Å²) in [5, 5.41) is 3.42. The van der Waals surface area contributed by atoms with Crippen LogP contribution in [0.15, 0.2) is 12.1 Å². The van der Waals surface area contributed by atoms with E-state index in [1.807, 2.05) is 33.2 Å². The molecule has 1 rings (SSSR count). The molecule has 0 atom stereocenters. The molecule has 0 bridgehead atoms. The van der Waals surface area contributed by atoms with Crippen LogP contribution in [0.4, 0.5) is 0 Å². The summed E-state index contributed by atoms with van der Waals surface area (Å²) in [6.07, 6.45) is 0. The summed E-state index contributed by atoms with van der Waals surface area (Å²) in [6.45, 7) is 9.76. The van der Waals surface area contributed by atoms with Crippen LogP contribution in [0, 0.1) is 12.8 Å². The van der Waals surface area contributed by atoms with Crippen molar-refractivity contribution in [3.05, 3.63) is 23.5 Å². The number of aryl methyl sites for hydroxylation is 1. The Morgan fingerprint density at radius 1 is 1.32 bits per heavy atom. The second-order valence-corrected chi connectivity index (χ2v) is 5.57. The summed E-state index contributed by atoms with van der Waals surface area (Å²) in [5.74, 6) is 1.53. The molecule has 0 aliphatic carbocycles. The first-order chi connectivity index (χ1) is 8.99. The zero-order valence-corrected chi connectivity index (χ0v) is 12.9. The van der Waals surface area contributed by atoms with Crippen LogP contribution in [0.3, 0.4) is 0 Å². The maximum Gasteiger partial charge on any atom is 0.142 e. The topological polar surface area (TPSA) is 37.4 Å². The molecule has 0 fully saturated rings. The number of hydrogen-bond acceptors (Lipinski definition) is 4. The number of pyridine rings is 1. The first-order valence-corrected chi connectivity index (χ1v) is 6.93. The van der Waals surface area contributed by atoms with Crippen molar-refractivity contribution in [1.29, 1.82) is 0 Å². The predicted molar refractivity (Wildman–Crippen MR) is 79.6 cm³/mol. The van der Waals surface area contributed by atoms with E-state index in [1.54, 1.807) is 0 Å². The van der Waals surface area contributed by atoms with Crippen molar-refractivity contribution in [2.24, 2.45) is 5.92 Å². The van der Waals surface area contributed by atoms with Gasteiger partial charge in [0.15, 0.2) is 0 Å². The van der Waals surface area contributed by atoms with Crippen LogP contribution in [-0.2, 0) is 6.54 Å². The third-order valence-corrected chi connectivity index (χ3v) is 2.71. The highest BCUT2D eigenvalue weighted by atomic mass is 16.5. The Bertz CT molecular complexity index is 378. The number of rotatable bonds is 8. The zero-order chi connectivity index (χ0) is 14.3. The fourth-order valence-corrected chi connectivity index (χ4v) is 1.67. The molecule has 1 aromatic heterocycles. The van der Waals surface area contributed by atoms with Gasteiger partial charge >= 0.3 is 0 Å². The maximum absolute atomic E-state index is 5.82. The lowest BCUT2D eigenvalue weighted by Gasteiger charge is -2.15. The SMILES string of the molecule is Cc1ccc(OCCN(C)C)c(CNCC(C)C)n1. The Morgan fingerprint density at radius 3 is 2.68 bits per heavy atom. The second-order valence-electron chi connectivity index (χ2n) is 5.57. The monoisotopic (exact) mass is 265 g/mol. The number of likely N-dealkylation sites (N-methyl/N-ethyl adjacent to an activating group) is 1. The van der Waals surface area contributed by atoms with Crippen LogP contribution in [0.2, 0.25) is 0 Å². The van der Waals surface area contributed by atoms with Gasteiger partial charge in [0, 0.05) is 18.8 Å². The Hall–Kier alpha value is -1.13. The molecular weight excluding hydrogens is 238 g/mol. The molecule has 1 N–H and O–H groups in total. The first kappa shape index (κ1) is 15.9. The Kier molecular flexibility index (Phi) is 6.81. The lowest BCUT2D eigenvalue weighted by Crippen LogP contribution is -2.22. The highest BCUT2D eigenvalue weighted by molar-refractivity contribution is 5.29. The van der Waals surface area contributed by atoms with E-state index in [9.17, 15) is 0 Å². The minimum Gasteiger partial charge on any atom is -0.490 e. The van der Waals surface area contributed by atoms with E-state index in [0.717, 1.165) is 36.8 Å². The van der Waals surface area contributed by atoms with E-state index in [2.05, 4.69) is 29.0 Å². The van der Waals surface area contributed by atoms with Gasteiger partial charge in [0.2, 0.25) is 0 Å². The van der Waals surface area contributed by atoms with Gasteiger partial charge < -0.3 is 15.0 Å². The fraction of sp³-hybridized carbons (Fsp3) is 0.667. The number of ether oxygens (including phenoxy) is 1. The van der Waals surface area contributed by atoms with Crippen molar-refractivity contribution < 1.29 is 4.74 Å². The Balaban J connectivity index is 2.58. The van der Waals surface area contributed by atoms with E-state index in [4.69, 9.17) is 4.74 Å². The van der Waals surface area contributed by atoms with Gasteiger partial charge in [-0.25, -0.2) is 0 Å². The predicted octanol–water partition coefficient (Wildman–Crippen LogP) is 2.08. The molecule has 0 aliphatic rings. The summed E-state index contributed by atoms with van der Waals surface area (Å²) in [7, 11) is 4.09. The number of nitrogens with zero attached hydrogens (tertiary/aromatic N) is 2. The second kappa shape index (κ2) is 8.12. The maximum atomic E-state index is 5.82. The van der Waals surface area contributed by atoms with Crippen molar-refractivity contribution in [3.8, 4) is 5.75 Å². The molecule has 4 heteroatoms. The van der Waals surface area contributed by atoms with Crippen molar-refractivity contribution in [2.45, 2.75) is 27.3 Å². The van der Waals surface area contributed by atoms with Gasteiger partial charge in [-0.05, 0) is 45.6 Å². The van der Waals surface area contributed by atoms with E-state index in [-0.39, 0.29) is 0 Å². The van der Waals surface area contributed by atoms with E-state index < -0.39 is 0 Å². The summed E-state index contributed by atoms with van der Waals surface area (Å²) < 4.78 is 5.82. The van der Waals surface area contributed by atoms with E-state index in [1.165, 1.54) is 0 Å². The minimum atomic E-state index is 0.642. The van der Waals surface area contributed by atoms with Crippen molar-refractivity contribution in [3.63, 3.8) is 0 Å². The van der Waals surface area contributed by atoms with Crippen LogP contribution in [0.25, 0.3) is 0 Å². The lowest BCUT2D eigenvalue weighted by molar-refractivity contribution is 0.258. The molecule has 0 saturated carbocycles. The van der Waals surface area contributed by atoms with Crippen LogP contribution < -0.4 is 10.1 Å². The fourth-order valence-electron chi connectivity index (χ4n) is 1.67. The van der Waals surface area contributed by atoms with Gasteiger partial charge in [-0.15, -0.1) is 0 Å². The summed E-state index contributed by atoms with van der Waals surface area (Å²) in [5.41, 5.74) is 2.03. The molecule has 0 spiro atoms. The van der Waals surface area contributed by atoms with Crippen LogP contribution in [0.1, 0.15) is 25.2 Å².